The Morgan fingerprint density at radius 2 is 2.00 bits per heavy atom. The first-order valence-electron chi connectivity index (χ1n) is 7.43. The molecule has 2 heterocycles. The number of nitroso groups, excluding NO2 is 1. The van der Waals surface area contributed by atoms with Crippen molar-refractivity contribution in [2.75, 3.05) is 33.2 Å². The Morgan fingerprint density at radius 1 is 1.26 bits per heavy atom. The molecule has 1 aliphatic carbocycles. The number of nitrogens with zero attached hydrogens (tertiary/aromatic N) is 3. The Kier molecular flexibility index (Phi) is 3.69. The molecular formula is C15H23N3O. The second-order valence-electron chi connectivity index (χ2n) is 6.22. The van der Waals surface area contributed by atoms with Crippen molar-refractivity contribution in [1.82, 2.24) is 9.80 Å². The minimum absolute atomic E-state index is 0.627. The maximum atomic E-state index is 10.5. The summed E-state index contributed by atoms with van der Waals surface area (Å²) in [5.74, 6) is 1.95. The van der Waals surface area contributed by atoms with Crippen LogP contribution < -0.4 is 0 Å². The predicted octanol–water partition coefficient (Wildman–Crippen LogP) is 2.59. The fraction of sp³-hybridized carbons (Fsp3) is 0.733. The van der Waals surface area contributed by atoms with Crippen LogP contribution >= 0.6 is 0 Å². The normalized spacial score (nSPS) is 31.1. The van der Waals surface area contributed by atoms with Crippen molar-refractivity contribution in [3.05, 3.63) is 28.5 Å². The Labute approximate surface area is 115 Å². The molecule has 3 aliphatic rings. The van der Waals surface area contributed by atoms with Gasteiger partial charge in [0.05, 0.1) is 6.54 Å². The molecule has 4 heteroatoms. The summed E-state index contributed by atoms with van der Waals surface area (Å²) >= 11 is 0. The van der Waals surface area contributed by atoms with Gasteiger partial charge in [0.15, 0.2) is 0 Å². The highest BCUT2D eigenvalue weighted by molar-refractivity contribution is 5.23. The third-order valence-electron chi connectivity index (χ3n) is 4.96. The molecule has 4 nitrogen and oxygen atoms in total. The van der Waals surface area contributed by atoms with Gasteiger partial charge >= 0.3 is 0 Å². The molecule has 0 bridgehead atoms. The molecule has 0 aromatic rings. The average molecular weight is 261 g/mol. The molecule has 2 atom stereocenters. The van der Waals surface area contributed by atoms with E-state index in [4.69, 9.17) is 0 Å². The third kappa shape index (κ3) is 2.73. The SMILES string of the molecule is CN1CC(N=O)=CC=C1CCN1CC2CCCC2C1. The van der Waals surface area contributed by atoms with Gasteiger partial charge in [-0.25, -0.2) is 0 Å². The number of allylic oxidation sites excluding steroid dienone is 2. The van der Waals surface area contributed by atoms with Crippen molar-refractivity contribution in [3.8, 4) is 0 Å². The van der Waals surface area contributed by atoms with E-state index in [2.05, 4.69) is 21.1 Å². The summed E-state index contributed by atoms with van der Waals surface area (Å²) in [5.41, 5.74) is 1.95. The summed E-state index contributed by atoms with van der Waals surface area (Å²) in [6, 6.07) is 0. The Morgan fingerprint density at radius 3 is 2.63 bits per heavy atom. The minimum Gasteiger partial charge on any atom is -0.372 e. The second kappa shape index (κ2) is 5.45. The van der Waals surface area contributed by atoms with Crippen molar-refractivity contribution in [2.45, 2.75) is 25.7 Å². The van der Waals surface area contributed by atoms with Crippen LogP contribution in [0, 0.1) is 16.7 Å². The second-order valence-corrected chi connectivity index (χ2v) is 6.22. The number of likely N-dealkylation sites (tertiary alicyclic amines) is 1. The molecule has 2 unspecified atom stereocenters. The molecule has 2 aliphatic heterocycles. The number of fused-ring (bicyclic) bond motifs is 1. The average Bonchev–Trinajstić information content (AvgIpc) is 2.98. The van der Waals surface area contributed by atoms with Crippen LogP contribution in [0.25, 0.3) is 0 Å². The molecule has 104 valence electrons. The van der Waals surface area contributed by atoms with Crippen molar-refractivity contribution in [1.29, 1.82) is 0 Å². The van der Waals surface area contributed by atoms with Crippen LogP contribution in [0.4, 0.5) is 0 Å². The van der Waals surface area contributed by atoms with E-state index in [0.29, 0.717) is 12.2 Å². The van der Waals surface area contributed by atoms with Crippen LogP contribution in [0.2, 0.25) is 0 Å². The van der Waals surface area contributed by atoms with Gasteiger partial charge in [-0.15, -0.1) is 4.91 Å². The summed E-state index contributed by atoms with van der Waals surface area (Å²) < 4.78 is 0. The third-order valence-corrected chi connectivity index (χ3v) is 4.96. The molecule has 19 heavy (non-hydrogen) atoms. The molecule has 2 fully saturated rings. The number of rotatable bonds is 4. The van der Waals surface area contributed by atoms with E-state index in [0.717, 1.165) is 24.8 Å². The zero-order valence-corrected chi connectivity index (χ0v) is 11.7. The lowest BCUT2D eigenvalue weighted by molar-refractivity contribution is 0.299. The molecule has 0 N–H and O–H groups in total. The van der Waals surface area contributed by atoms with Crippen LogP contribution in [-0.4, -0.2) is 43.0 Å². The highest BCUT2D eigenvalue weighted by atomic mass is 16.3. The summed E-state index contributed by atoms with van der Waals surface area (Å²) in [6.07, 6.45) is 9.34. The van der Waals surface area contributed by atoms with Crippen molar-refractivity contribution in [3.63, 3.8) is 0 Å². The monoisotopic (exact) mass is 261 g/mol. The highest BCUT2D eigenvalue weighted by Gasteiger charge is 2.35. The standard InChI is InChI=1S/C15H23N3O/c1-17-11-14(16-19)5-6-15(17)7-8-18-9-12-3-2-4-13(12)10-18/h5-6,12-13H,2-4,7-11H2,1H3. The van der Waals surface area contributed by atoms with Gasteiger partial charge in [0, 0.05) is 38.8 Å². The lowest BCUT2D eigenvalue weighted by Gasteiger charge is -2.26. The van der Waals surface area contributed by atoms with Gasteiger partial charge in [-0.05, 0) is 42.0 Å². The Bertz CT molecular complexity index is 404. The van der Waals surface area contributed by atoms with E-state index in [1.165, 1.54) is 38.0 Å². The highest BCUT2D eigenvalue weighted by Crippen LogP contribution is 2.37. The maximum Gasteiger partial charge on any atom is 0.104 e. The first-order chi connectivity index (χ1) is 9.26. The molecule has 0 aromatic carbocycles. The topological polar surface area (TPSA) is 35.9 Å². The zero-order chi connectivity index (χ0) is 13.2. The zero-order valence-electron chi connectivity index (χ0n) is 11.7. The maximum absolute atomic E-state index is 10.5. The Hall–Kier alpha value is -1.16. The van der Waals surface area contributed by atoms with Gasteiger partial charge in [-0.1, -0.05) is 6.42 Å². The molecule has 0 aromatic heterocycles. The first-order valence-corrected chi connectivity index (χ1v) is 7.43. The smallest absolute Gasteiger partial charge is 0.104 e. The molecule has 1 saturated carbocycles. The van der Waals surface area contributed by atoms with E-state index in [9.17, 15) is 4.91 Å². The fourth-order valence-electron chi connectivity index (χ4n) is 3.84. The molecule has 1 saturated heterocycles. The quantitative estimate of drug-likeness (QED) is 0.730. The summed E-state index contributed by atoms with van der Waals surface area (Å²) in [6.45, 7) is 4.42. The van der Waals surface area contributed by atoms with Crippen LogP contribution in [0.3, 0.4) is 0 Å². The lowest BCUT2D eigenvalue weighted by atomic mass is 10.0. The van der Waals surface area contributed by atoms with E-state index in [1.807, 2.05) is 13.1 Å². The first kappa shape index (κ1) is 12.9. The largest absolute Gasteiger partial charge is 0.372 e. The number of hydrogen-bond acceptors (Lipinski definition) is 4. The molecule has 0 radical (unpaired) electrons. The predicted molar refractivity (Wildman–Crippen MR) is 76.5 cm³/mol. The summed E-state index contributed by atoms with van der Waals surface area (Å²) in [7, 11) is 2.04. The molecule has 3 rings (SSSR count). The van der Waals surface area contributed by atoms with Crippen molar-refractivity contribution in [2.24, 2.45) is 17.0 Å². The van der Waals surface area contributed by atoms with Crippen LogP contribution in [-0.2, 0) is 0 Å². The van der Waals surface area contributed by atoms with Crippen LogP contribution in [0.15, 0.2) is 28.7 Å². The lowest BCUT2D eigenvalue weighted by Crippen LogP contribution is -2.28. The van der Waals surface area contributed by atoms with Crippen molar-refractivity contribution >= 4 is 0 Å². The summed E-state index contributed by atoms with van der Waals surface area (Å²) in [4.78, 5) is 15.3. The van der Waals surface area contributed by atoms with Gasteiger partial charge in [0.25, 0.3) is 0 Å². The van der Waals surface area contributed by atoms with Crippen LogP contribution in [0.5, 0.6) is 0 Å². The van der Waals surface area contributed by atoms with Gasteiger partial charge in [-0.2, -0.15) is 0 Å². The van der Waals surface area contributed by atoms with E-state index in [1.54, 1.807) is 0 Å². The Balaban J connectivity index is 1.51. The van der Waals surface area contributed by atoms with E-state index >= 15 is 0 Å². The van der Waals surface area contributed by atoms with Crippen LogP contribution in [0.1, 0.15) is 25.7 Å². The van der Waals surface area contributed by atoms with E-state index in [-0.39, 0.29) is 0 Å². The molecular weight excluding hydrogens is 238 g/mol. The van der Waals surface area contributed by atoms with Gasteiger partial charge in [0.2, 0.25) is 0 Å². The van der Waals surface area contributed by atoms with Gasteiger partial charge in [-0.3, -0.25) is 0 Å². The number of likely N-dealkylation sites (N-methyl/N-ethyl adjacent to an activating group) is 1. The van der Waals surface area contributed by atoms with Gasteiger partial charge < -0.3 is 9.80 Å². The summed E-state index contributed by atoms with van der Waals surface area (Å²) in [5, 5.41) is 3.02. The molecule has 0 amide bonds. The minimum atomic E-state index is 0.627. The number of hydrogen-bond donors (Lipinski definition) is 0. The van der Waals surface area contributed by atoms with Crippen molar-refractivity contribution < 1.29 is 0 Å². The van der Waals surface area contributed by atoms with Gasteiger partial charge in [0.1, 0.15) is 5.70 Å². The molecule has 0 spiro atoms. The fourth-order valence-corrected chi connectivity index (χ4v) is 3.84. The van der Waals surface area contributed by atoms with E-state index < -0.39 is 0 Å².